The molecule has 1 aromatic carbocycles. The summed E-state index contributed by atoms with van der Waals surface area (Å²) in [4.78, 5) is 54.1. The molecule has 4 rings (SSSR count). The monoisotopic (exact) mass is 519 g/mol. The van der Waals surface area contributed by atoms with Gasteiger partial charge in [-0.3, -0.25) is 19.2 Å². The molecule has 0 radical (unpaired) electrons. The molecule has 2 aliphatic heterocycles. The van der Waals surface area contributed by atoms with Crippen LogP contribution in [0.2, 0.25) is 4.34 Å². The molecule has 0 bridgehead atoms. The third kappa shape index (κ3) is 6.37. The lowest BCUT2D eigenvalue weighted by Crippen LogP contribution is -2.57. The first-order valence-electron chi connectivity index (χ1n) is 11.1. The van der Waals surface area contributed by atoms with Crippen molar-refractivity contribution in [2.24, 2.45) is 0 Å². The SMILES string of the molecule is CN1CC(NC(=O)c2cc(N3CCOCC3=O)ccc2NC(=O)CCNC(=O)c2ccc(Cl)s2)C1. The molecule has 0 saturated carbocycles. The molecule has 35 heavy (non-hydrogen) atoms. The fourth-order valence-corrected chi connectivity index (χ4v) is 4.83. The van der Waals surface area contributed by atoms with Gasteiger partial charge in [-0.05, 0) is 37.4 Å². The van der Waals surface area contributed by atoms with Gasteiger partial charge in [-0.25, -0.2) is 0 Å². The molecule has 2 fully saturated rings. The number of carbonyl (C=O) groups is 4. The van der Waals surface area contributed by atoms with Gasteiger partial charge in [0.1, 0.15) is 6.61 Å². The van der Waals surface area contributed by atoms with Gasteiger partial charge in [0.25, 0.3) is 17.7 Å². The number of likely N-dealkylation sites (tertiary alicyclic amines) is 1. The van der Waals surface area contributed by atoms with Gasteiger partial charge in [0.15, 0.2) is 0 Å². The molecular weight excluding hydrogens is 494 g/mol. The molecule has 12 heteroatoms. The van der Waals surface area contributed by atoms with Gasteiger partial charge in [0.2, 0.25) is 5.91 Å². The van der Waals surface area contributed by atoms with Crippen LogP contribution in [0.4, 0.5) is 11.4 Å². The number of hydrogen-bond donors (Lipinski definition) is 3. The molecule has 186 valence electrons. The molecule has 4 amide bonds. The van der Waals surface area contributed by atoms with Crippen molar-refractivity contribution in [2.75, 3.05) is 56.7 Å². The molecular formula is C23H26ClN5O5S. The Kier molecular flexibility index (Phi) is 8.01. The van der Waals surface area contributed by atoms with E-state index in [4.69, 9.17) is 16.3 Å². The number of amides is 4. The van der Waals surface area contributed by atoms with E-state index in [9.17, 15) is 19.2 Å². The van der Waals surface area contributed by atoms with Crippen LogP contribution in [-0.2, 0) is 14.3 Å². The summed E-state index contributed by atoms with van der Waals surface area (Å²) in [5.41, 5.74) is 1.16. The number of anilines is 2. The summed E-state index contributed by atoms with van der Waals surface area (Å²) in [7, 11) is 1.96. The van der Waals surface area contributed by atoms with E-state index >= 15 is 0 Å². The molecule has 2 aromatic rings. The van der Waals surface area contributed by atoms with Crippen molar-refractivity contribution in [1.29, 1.82) is 0 Å². The fourth-order valence-electron chi connectivity index (χ4n) is 3.87. The van der Waals surface area contributed by atoms with Crippen LogP contribution in [0.5, 0.6) is 0 Å². The summed E-state index contributed by atoms with van der Waals surface area (Å²) in [5.74, 6) is -1.19. The third-order valence-corrected chi connectivity index (χ3v) is 6.88. The van der Waals surface area contributed by atoms with E-state index in [1.165, 1.54) is 0 Å². The van der Waals surface area contributed by atoms with E-state index in [1.54, 1.807) is 35.2 Å². The lowest BCUT2D eigenvalue weighted by Gasteiger charge is -2.36. The maximum absolute atomic E-state index is 13.1. The first kappa shape index (κ1) is 25.1. The Balaban J connectivity index is 1.42. The zero-order valence-corrected chi connectivity index (χ0v) is 20.7. The number of thiophene rings is 1. The number of carbonyl (C=O) groups excluding carboxylic acids is 4. The highest BCUT2D eigenvalue weighted by Gasteiger charge is 2.27. The molecule has 2 aliphatic rings. The van der Waals surface area contributed by atoms with Crippen LogP contribution in [0.3, 0.4) is 0 Å². The maximum atomic E-state index is 13.1. The number of likely N-dealkylation sites (N-methyl/N-ethyl adjacent to an activating group) is 1. The van der Waals surface area contributed by atoms with E-state index in [0.717, 1.165) is 24.4 Å². The van der Waals surface area contributed by atoms with Crippen LogP contribution < -0.4 is 20.9 Å². The van der Waals surface area contributed by atoms with Crippen molar-refractivity contribution < 1.29 is 23.9 Å². The second kappa shape index (κ2) is 11.2. The second-order valence-corrected chi connectivity index (χ2v) is 10.1. The minimum Gasteiger partial charge on any atom is -0.370 e. The van der Waals surface area contributed by atoms with Gasteiger partial charge in [0.05, 0.1) is 33.1 Å². The first-order chi connectivity index (χ1) is 16.8. The predicted molar refractivity (Wildman–Crippen MR) is 133 cm³/mol. The summed E-state index contributed by atoms with van der Waals surface area (Å²) >= 11 is 7.01. The second-order valence-electron chi connectivity index (χ2n) is 8.38. The largest absolute Gasteiger partial charge is 0.370 e. The van der Waals surface area contributed by atoms with Crippen molar-refractivity contribution >= 4 is 57.9 Å². The van der Waals surface area contributed by atoms with Gasteiger partial charge < -0.3 is 30.5 Å². The quantitative estimate of drug-likeness (QED) is 0.487. The zero-order chi connectivity index (χ0) is 24.9. The van der Waals surface area contributed by atoms with Gasteiger partial charge in [-0.15, -0.1) is 11.3 Å². The lowest BCUT2D eigenvalue weighted by atomic mass is 10.1. The standard InChI is InChI=1S/C23H26ClN5O5S/c1-28-11-14(12-28)26-22(32)16-10-15(29-8-9-34-13-21(29)31)2-3-17(16)27-20(30)6-7-25-23(33)18-4-5-19(24)35-18/h2-5,10,14H,6-9,11-13H2,1H3,(H,25,33)(H,26,32)(H,27,30). The molecule has 2 saturated heterocycles. The van der Waals surface area contributed by atoms with Crippen LogP contribution in [-0.4, -0.2) is 81.0 Å². The van der Waals surface area contributed by atoms with Crippen molar-refractivity contribution in [3.63, 3.8) is 0 Å². The van der Waals surface area contributed by atoms with Crippen LogP contribution in [0.1, 0.15) is 26.5 Å². The van der Waals surface area contributed by atoms with E-state index in [0.29, 0.717) is 33.7 Å². The van der Waals surface area contributed by atoms with Crippen LogP contribution >= 0.6 is 22.9 Å². The minimum absolute atomic E-state index is 0.0160. The highest BCUT2D eigenvalue weighted by Crippen LogP contribution is 2.25. The summed E-state index contributed by atoms with van der Waals surface area (Å²) in [6.07, 6.45) is 0.0169. The fraction of sp³-hybridized carbons (Fsp3) is 0.391. The predicted octanol–water partition coefficient (Wildman–Crippen LogP) is 1.57. The van der Waals surface area contributed by atoms with Crippen molar-refractivity contribution in [3.8, 4) is 0 Å². The third-order valence-electron chi connectivity index (χ3n) is 5.65. The Morgan fingerprint density at radius 3 is 2.66 bits per heavy atom. The minimum atomic E-state index is -0.359. The highest BCUT2D eigenvalue weighted by atomic mass is 35.5. The summed E-state index contributed by atoms with van der Waals surface area (Å²) in [6, 6.07) is 8.19. The molecule has 3 heterocycles. The Hall–Kier alpha value is -2.99. The number of hydrogen-bond acceptors (Lipinski definition) is 7. The topological polar surface area (TPSA) is 120 Å². The Morgan fingerprint density at radius 1 is 1.17 bits per heavy atom. The number of halogens is 1. The Morgan fingerprint density at radius 2 is 1.97 bits per heavy atom. The summed E-state index contributed by atoms with van der Waals surface area (Å²) < 4.78 is 5.70. The van der Waals surface area contributed by atoms with Crippen LogP contribution in [0.25, 0.3) is 0 Å². The molecule has 0 aliphatic carbocycles. The smallest absolute Gasteiger partial charge is 0.261 e. The summed E-state index contributed by atoms with van der Waals surface area (Å²) in [5, 5.41) is 8.41. The number of rotatable bonds is 8. The molecule has 3 N–H and O–H groups in total. The number of ether oxygens (including phenoxy) is 1. The first-order valence-corrected chi connectivity index (χ1v) is 12.3. The van der Waals surface area contributed by atoms with Crippen LogP contribution in [0.15, 0.2) is 30.3 Å². The average molecular weight is 520 g/mol. The zero-order valence-electron chi connectivity index (χ0n) is 19.1. The maximum Gasteiger partial charge on any atom is 0.261 e. The van der Waals surface area contributed by atoms with Gasteiger partial charge in [-0.1, -0.05) is 11.6 Å². The van der Waals surface area contributed by atoms with E-state index in [1.807, 2.05) is 7.05 Å². The molecule has 0 unspecified atom stereocenters. The lowest BCUT2D eigenvalue weighted by molar-refractivity contribution is -0.125. The molecule has 0 spiro atoms. The highest BCUT2D eigenvalue weighted by molar-refractivity contribution is 7.18. The van der Waals surface area contributed by atoms with E-state index < -0.39 is 0 Å². The van der Waals surface area contributed by atoms with Crippen LogP contribution in [0, 0.1) is 0 Å². The molecule has 0 atom stereocenters. The van der Waals surface area contributed by atoms with E-state index in [-0.39, 0.29) is 54.8 Å². The Labute approximate surface area is 211 Å². The number of nitrogens with zero attached hydrogens (tertiary/aromatic N) is 2. The van der Waals surface area contributed by atoms with Crippen molar-refractivity contribution in [1.82, 2.24) is 15.5 Å². The summed E-state index contributed by atoms with van der Waals surface area (Å²) in [6.45, 7) is 2.38. The van der Waals surface area contributed by atoms with Gasteiger partial charge in [-0.2, -0.15) is 0 Å². The van der Waals surface area contributed by atoms with Crippen molar-refractivity contribution in [2.45, 2.75) is 12.5 Å². The number of morpholine rings is 1. The van der Waals surface area contributed by atoms with Gasteiger partial charge in [0, 0.05) is 38.3 Å². The number of nitrogens with one attached hydrogen (secondary N) is 3. The Bertz CT molecular complexity index is 1130. The molecule has 10 nitrogen and oxygen atoms in total. The number of benzene rings is 1. The average Bonchev–Trinajstić information content (AvgIpc) is 3.25. The normalized spacial score (nSPS) is 16.5. The molecule has 1 aromatic heterocycles. The van der Waals surface area contributed by atoms with Crippen molar-refractivity contribution in [3.05, 3.63) is 45.1 Å². The van der Waals surface area contributed by atoms with Gasteiger partial charge >= 0.3 is 0 Å². The van der Waals surface area contributed by atoms with E-state index in [2.05, 4.69) is 20.9 Å².